The van der Waals surface area contributed by atoms with Gasteiger partial charge in [-0.05, 0) is 54.2 Å². The number of benzene rings is 3. The fourth-order valence-electron chi connectivity index (χ4n) is 7.95. The smallest absolute Gasteiger partial charge is 0.408 e. The lowest BCUT2D eigenvalue weighted by atomic mass is 9.82. The van der Waals surface area contributed by atoms with Crippen LogP contribution in [0.3, 0.4) is 0 Å². The zero-order valence-corrected chi connectivity index (χ0v) is 43.6. The summed E-state index contributed by atoms with van der Waals surface area (Å²) >= 11 is 0. The number of nitrogens with one attached hydrogen (secondary N) is 7. The molecule has 0 bridgehead atoms. The number of aromatic nitrogens is 1. The number of hydrogen-bond donors (Lipinski definition) is 10. The average Bonchev–Trinajstić information content (AvgIpc) is 3.87. The molecule has 0 radical (unpaired) electrons. The summed E-state index contributed by atoms with van der Waals surface area (Å²) in [6.07, 6.45) is -1.37. The Kier molecular flexibility index (Phi) is 23.9. The lowest BCUT2D eigenvalue weighted by Gasteiger charge is -2.41. The van der Waals surface area contributed by atoms with Crippen LogP contribution in [0.15, 0.2) is 91.1 Å². The van der Waals surface area contributed by atoms with Gasteiger partial charge in [-0.15, -0.1) is 0 Å². The second-order valence-electron chi connectivity index (χ2n) is 19.0. The minimum absolute atomic E-state index is 0.0739. The van der Waals surface area contributed by atoms with Gasteiger partial charge in [-0.25, -0.2) is 13.6 Å². The Morgan fingerprint density at radius 1 is 0.718 bits per heavy atom. The van der Waals surface area contributed by atoms with Crippen LogP contribution >= 0.6 is 0 Å². The maximum absolute atomic E-state index is 15.4. The molecule has 0 unspecified atom stereocenters. The van der Waals surface area contributed by atoms with Gasteiger partial charge in [-0.1, -0.05) is 81.4 Å². The Morgan fingerprint density at radius 2 is 1.36 bits per heavy atom. The maximum atomic E-state index is 15.4. The Morgan fingerprint density at radius 3 is 1.99 bits per heavy atom. The fourth-order valence-corrected chi connectivity index (χ4v) is 7.95. The van der Waals surface area contributed by atoms with Crippen LogP contribution in [0.5, 0.6) is 0 Å². The summed E-state index contributed by atoms with van der Waals surface area (Å²) in [5.74, 6) is -9.78. The number of nitrogens with two attached hydrogens (primary N) is 1. The minimum Gasteiger partial charge on any atom is -0.481 e. The molecule has 9 amide bonds. The number of aliphatic hydroxyl groups excluding tert-OH is 1. The number of carboxylic acids is 1. The van der Waals surface area contributed by atoms with E-state index in [0.717, 1.165) is 23.8 Å². The lowest BCUT2D eigenvalue weighted by molar-refractivity contribution is -0.140. The average molecular weight is 1090 g/mol. The second-order valence-corrected chi connectivity index (χ2v) is 19.0. The first kappa shape index (κ1) is 61.8. The zero-order valence-electron chi connectivity index (χ0n) is 43.6. The SMILES string of the molecule is C[C@H](NC(=O)OCc1ccccc1)C(=O)NCC(=O)N[C@@H](CC(N)=O)C(=O)N[C@@H](CCN(C(=O)CO)[C@@H](c1cc(-c2cc(F)ccc2F)cn1Cc1ccccc1)C(C)(C)C)C(=O)NCCNC(=O)CNC(=O)CCC(=O)O. The third-order valence-corrected chi connectivity index (χ3v) is 11.7. The van der Waals surface area contributed by atoms with E-state index in [1.807, 2.05) is 30.3 Å². The fraction of sp³-hybridized carbons (Fsp3) is 0.396. The van der Waals surface area contributed by atoms with Gasteiger partial charge in [0.15, 0.2) is 0 Å². The molecule has 0 spiro atoms. The molecule has 0 fully saturated rings. The molecule has 0 aliphatic heterocycles. The lowest BCUT2D eigenvalue weighted by Crippen LogP contribution is -2.57. The molecule has 0 aliphatic rings. The molecule has 25 heteroatoms. The van der Waals surface area contributed by atoms with E-state index in [4.69, 9.17) is 15.6 Å². The van der Waals surface area contributed by atoms with Crippen LogP contribution in [0, 0.1) is 17.0 Å². The number of aliphatic carboxylic acids is 1. The molecule has 4 aromatic rings. The number of hydrogen-bond acceptors (Lipinski definition) is 12. The normalized spacial score (nSPS) is 12.6. The highest BCUT2D eigenvalue weighted by molar-refractivity contribution is 5.96. The van der Waals surface area contributed by atoms with Gasteiger partial charge >= 0.3 is 12.1 Å². The Labute approximate surface area is 448 Å². The Balaban J connectivity index is 1.59. The van der Waals surface area contributed by atoms with Gasteiger partial charge in [-0.3, -0.25) is 43.2 Å². The van der Waals surface area contributed by atoms with Gasteiger partial charge in [0.05, 0.1) is 32.0 Å². The van der Waals surface area contributed by atoms with E-state index in [9.17, 15) is 57.4 Å². The number of ether oxygens (including phenoxy) is 1. The summed E-state index contributed by atoms with van der Waals surface area (Å²) in [7, 11) is 0. The summed E-state index contributed by atoms with van der Waals surface area (Å²) in [6, 6.07) is 16.9. The van der Waals surface area contributed by atoms with Gasteiger partial charge in [0.2, 0.25) is 47.3 Å². The number of carbonyl (C=O) groups is 10. The number of nitrogens with zero attached hydrogens (tertiary/aromatic N) is 2. The number of primary amides is 1. The minimum atomic E-state index is -1.75. The van der Waals surface area contributed by atoms with E-state index in [1.54, 1.807) is 67.9 Å². The van der Waals surface area contributed by atoms with Gasteiger partial charge < -0.3 is 67.4 Å². The van der Waals surface area contributed by atoms with E-state index in [0.29, 0.717) is 11.3 Å². The van der Waals surface area contributed by atoms with Crippen molar-refractivity contribution >= 4 is 59.3 Å². The van der Waals surface area contributed by atoms with E-state index in [2.05, 4.69) is 37.2 Å². The van der Waals surface area contributed by atoms with Gasteiger partial charge in [0.1, 0.15) is 43.0 Å². The summed E-state index contributed by atoms with van der Waals surface area (Å²) < 4.78 is 36.8. The maximum Gasteiger partial charge on any atom is 0.408 e. The topological polar surface area (TPSA) is 339 Å². The van der Waals surface area contributed by atoms with Crippen LogP contribution in [0.1, 0.15) is 76.2 Å². The molecule has 4 rings (SSSR count). The van der Waals surface area contributed by atoms with Gasteiger partial charge in [0, 0.05) is 55.6 Å². The molecule has 4 atom stereocenters. The van der Waals surface area contributed by atoms with Gasteiger partial charge in [0.25, 0.3) is 0 Å². The third kappa shape index (κ3) is 20.4. The van der Waals surface area contributed by atoms with Crippen LogP contribution in [0.25, 0.3) is 11.1 Å². The van der Waals surface area contributed by atoms with Crippen molar-refractivity contribution in [1.82, 2.24) is 46.7 Å². The number of carboxylic acid groups (broad SMARTS) is 1. The molecule has 78 heavy (non-hydrogen) atoms. The second kappa shape index (κ2) is 30.1. The summed E-state index contributed by atoms with van der Waals surface area (Å²) in [5, 5.41) is 35.9. The molecule has 0 saturated carbocycles. The number of aliphatic hydroxyl groups is 1. The van der Waals surface area contributed by atoms with E-state index >= 15 is 4.39 Å². The van der Waals surface area contributed by atoms with Gasteiger partial charge in [-0.2, -0.15) is 0 Å². The molecule has 420 valence electrons. The molecule has 3 aromatic carbocycles. The first-order valence-electron chi connectivity index (χ1n) is 24.7. The molecule has 11 N–H and O–H groups in total. The molecule has 23 nitrogen and oxygen atoms in total. The zero-order chi connectivity index (χ0) is 57.5. The number of halogens is 2. The van der Waals surface area contributed by atoms with E-state index in [1.165, 1.54) is 11.8 Å². The highest BCUT2D eigenvalue weighted by Crippen LogP contribution is 2.41. The van der Waals surface area contributed by atoms with Crippen LogP contribution < -0.4 is 43.0 Å². The molecule has 1 aromatic heterocycles. The quantitative estimate of drug-likeness (QED) is 0.0343. The largest absolute Gasteiger partial charge is 0.481 e. The van der Waals surface area contributed by atoms with Crippen molar-refractivity contribution in [2.24, 2.45) is 11.1 Å². The summed E-state index contributed by atoms with van der Waals surface area (Å²) in [6.45, 7) is 3.59. The molecule has 1 heterocycles. The molecule has 0 aliphatic carbocycles. The number of rotatable bonds is 29. The summed E-state index contributed by atoms with van der Waals surface area (Å²) in [5.41, 5.74) is 6.65. The first-order chi connectivity index (χ1) is 36.9. The highest BCUT2D eigenvalue weighted by Gasteiger charge is 2.38. The summed E-state index contributed by atoms with van der Waals surface area (Å²) in [4.78, 5) is 129. The van der Waals surface area contributed by atoms with E-state index in [-0.39, 0.29) is 50.3 Å². The van der Waals surface area contributed by atoms with Crippen LogP contribution in [0.4, 0.5) is 13.6 Å². The highest BCUT2D eigenvalue weighted by atomic mass is 19.1. The predicted octanol–water partition coefficient (Wildman–Crippen LogP) is 1.27. The van der Waals surface area contributed by atoms with Crippen molar-refractivity contribution < 1.29 is 71.7 Å². The van der Waals surface area contributed by atoms with Crippen molar-refractivity contribution in [2.45, 2.75) is 90.7 Å². The van der Waals surface area contributed by atoms with Crippen molar-refractivity contribution in [3.63, 3.8) is 0 Å². The Bertz CT molecular complexity index is 2760. The number of carbonyl (C=O) groups excluding carboxylic acids is 9. The molecular formula is C53H66F2N10O13. The standard InChI is InChI=1S/C53H66F2N10O13/c1-32(61-52(77)78-31-34-13-9-6-10-14-34)49(74)60-27-45(70)62-40(25-42(56)67)51(76)63-39(50(75)58-21-20-57-44(69)26-59-43(68)17-18-47(72)73)19-22-65(46(71)30-66)48(53(2,3)4)41-23-35(37-24-36(54)15-16-38(37)55)29-64(41)28-33-11-7-5-8-12-33/h5-16,23-24,29,32,39-40,48,66H,17-22,25-28,30-31H2,1-4H3,(H2,56,67)(H,57,69)(H,58,75)(H,59,68)(H,60,74)(H,61,77)(H,62,70)(H,63,76)(H,72,73)/t32-,39-,40-,48-/m0/s1. The Hall–Kier alpha value is -8.74. The van der Waals surface area contributed by atoms with E-state index < -0.39 is 139 Å². The van der Waals surface area contributed by atoms with Crippen LogP contribution in [0.2, 0.25) is 0 Å². The van der Waals surface area contributed by atoms with Crippen molar-refractivity contribution in [2.75, 3.05) is 39.3 Å². The predicted molar refractivity (Wildman–Crippen MR) is 277 cm³/mol. The number of amides is 9. The molecular weight excluding hydrogens is 1020 g/mol. The monoisotopic (exact) mass is 1090 g/mol. The first-order valence-corrected chi connectivity index (χ1v) is 24.7. The van der Waals surface area contributed by atoms with Crippen LogP contribution in [-0.2, 0) is 61.0 Å². The van der Waals surface area contributed by atoms with Crippen molar-refractivity contribution in [3.05, 3.63) is 120 Å². The van der Waals surface area contributed by atoms with Crippen molar-refractivity contribution in [1.29, 1.82) is 0 Å². The third-order valence-electron chi connectivity index (χ3n) is 11.7. The van der Waals surface area contributed by atoms with Crippen LogP contribution in [-0.4, -0.2) is 136 Å². The molecule has 0 saturated heterocycles. The van der Waals surface area contributed by atoms with Crippen molar-refractivity contribution in [3.8, 4) is 11.1 Å². The number of alkyl carbamates (subject to hydrolysis) is 1.